The minimum atomic E-state index is 0.301. The Kier molecular flexibility index (Phi) is 4.41. The monoisotopic (exact) mass is 398 g/mol. The van der Waals surface area contributed by atoms with Crippen LogP contribution in [0.2, 0.25) is 0 Å². The molecule has 2 fully saturated rings. The number of nitrogens with one attached hydrogen (secondary N) is 1. The lowest BCUT2D eigenvalue weighted by Gasteiger charge is -2.45. The van der Waals surface area contributed by atoms with Crippen LogP contribution in [0.3, 0.4) is 0 Å². The first-order valence-electron chi connectivity index (χ1n) is 8.62. The number of anilines is 1. The highest BCUT2D eigenvalue weighted by Gasteiger charge is 2.33. The van der Waals surface area contributed by atoms with Gasteiger partial charge in [0.1, 0.15) is 11.9 Å². The smallest absolute Gasteiger partial charge is 0.204 e. The van der Waals surface area contributed by atoms with E-state index in [2.05, 4.69) is 37.1 Å². The van der Waals surface area contributed by atoms with E-state index in [0.29, 0.717) is 29.3 Å². The Bertz CT molecular complexity index is 864. The van der Waals surface area contributed by atoms with Crippen molar-refractivity contribution in [3.63, 3.8) is 0 Å². The Balaban J connectivity index is 1.39. The zero-order valence-electron chi connectivity index (χ0n) is 13.8. The topological polar surface area (TPSA) is 65.1 Å². The van der Waals surface area contributed by atoms with Gasteiger partial charge in [-0.2, -0.15) is 5.26 Å². The molecule has 1 aliphatic heterocycles. The molecule has 5 nitrogen and oxygen atoms in total. The van der Waals surface area contributed by atoms with Gasteiger partial charge in [-0.15, -0.1) is 12.3 Å². The highest BCUT2D eigenvalue weighted by Crippen LogP contribution is 2.34. The van der Waals surface area contributed by atoms with Crippen LogP contribution < -0.4 is 5.32 Å². The van der Waals surface area contributed by atoms with Gasteiger partial charge >= 0.3 is 0 Å². The highest BCUT2D eigenvalue weighted by atomic mass is 79.9. The van der Waals surface area contributed by atoms with E-state index in [-0.39, 0.29) is 0 Å². The summed E-state index contributed by atoms with van der Waals surface area (Å²) in [5.41, 5.74) is 0.624. The predicted octanol–water partition coefficient (Wildman–Crippen LogP) is 3.75. The second-order valence-electron chi connectivity index (χ2n) is 6.89. The first kappa shape index (κ1) is 16.4. The minimum Gasteiger partial charge on any atom is -0.444 e. The van der Waals surface area contributed by atoms with Crippen LogP contribution in [0.15, 0.2) is 21.2 Å². The molecule has 4 rings (SSSR count). The molecule has 2 aromatic heterocycles. The molecule has 25 heavy (non-hydrogen) atoms. The van der Waals surface area contributed by atoms with Gasteiger partial charge in [0.25, 0.3) is 0 Å². The predicted molar refractivity (Wildman–Crippen MR) is 100.0 cm³/mol. The van der Waals surface area contributed by atoms with Gasteiger partial charge in [0.2, 0.25) is 5.76 Å². The average Bonchev–Trinajstić information content (AvgIpc) is 3.02. The summed E-state index contributed by atoms with van der Waals surface area (Å²) in [7, 11) is 0. The number of hydrogen-bond acceptors (Lipinski definition) is 5. The van der Waals surface area contributed by atoms with Gasteiger partial charge in [0.05, 0.1) is 10.7 Å². The van der Waals surface area contributed by atoms with Gasteiger partial charge in [-0.25, -0.2) is 4.98 Å². The summed E-state index contributed by atoms with van der Waals surface area (Å²) in [5.74, 6) is 4.42. The molecule has 0 unspecified atom stereocenters. The maximum atomic E-state index is 8.98. The van der Waals surface area contributed by atoms with Crippen LogP contribution in [0.4, 0.5) is 5.82 Å². The number of nitrogens with zero attached hydrogens (tertiary/aromatic N) is 3. The fourth-order valence-corrected chi connectivity index (χ4v) is 4.36. The molecule has 1 N–H and O–H groups in total. The van der Waals surface area contributed by atoms with Crippen molar-refractivity contribution in [2.45, 2.75) is 37.8 Å². The Morgan fingerprint density at radius 1 is 1.32 bits per heavy atom. The third kappa shape index (κ3) is 3.13. The second kappa shape index (κ2) is 6.71. The number of hydrogen-bond donors (Lipinski definition) is 1. The zero-order chi connectivity index (χ0) is 17.4. The maximum absolute atomic E-state index is 8.98. The molecule has 2 aliphatic rings. The van der Waals surface area contributed by atoms with Gasteiger partial charge in [-0.3, -0.25) is 4.90 Å². The molecule has 0 radical (unpaired) electrons. The lowest BCUT2D eigenvalue weighted by Crippen LogP contribution is -2.53. The summed E-state index contributed by atoms with van der Waals surface area (Å²) in [4.78, 5) is 6.98. The van der Waals surface area contributed by atoms with Crippen molar-refractivity contribution >= 4 is 32.7 Å². The van der Waals surface area contributed by atoms with Crippen molar-refractivity contribution in [3.8, 4) is 18.4 Å². The van der Waals surface area contributed by atoms with Gasteiger partial charge < -0.3 is 9.73 Å². The highest BCUT2D eigenvalue weighted by molar-refractivity contribution is 9.10. The number of aromatic nitrogens is 1. The van der Waals surface area contributed by atoms with Crippen LogP contribution in [-0.2, 0) is 0 Å². The number of furan rings is 1. The number of halogens is 1. The van der Waals surface area contributed by atoms with Crippen LogP contribution in [0.25, 0.3) is 11.0 Å². The average molecular weight is 399 g/mol. The molecule has 0 spiro atoms. The minimum absolute atomic E-state index is 0.301. The largest absolute Gasteiger partial charge is 0.444 e. The van der Waals surface area contributed by atoms with E-state index in [1.807, 2.05) is 6.07 Å². The number of fused-ring (bicyclic) bond motifs is 1. The standard InChI is InChI=1S/C19H19BrN4O/c1-2-12-10-24(11-12)14-5-3-13(4-6-14)23-19-18(20)16-7-15(8-21)25-17(16)9-22-19/h1,7,9,12-14H,3-6,10-11H2,(H,22,23). The molecule has 1 saturated carbocycles. The van der Waals surface area contributed by atoms with E-state index < -0.39 is 0 Å². The summed E-state index contributed by atoms with van der Waals surface area (Å²) in [6, 6.07) is 4.87. The molecule has 0 aromatic carbocycles. The second-order valence-corrected chi connectivity index (χ2v) is 7.68. The molecule has 1 aliphatic carbocycles. The number of nitriles is 1. The van der Waals surface area contributed by atoms with E-state index in [1.54, 1.807) is 12.3 Å². The first-order valence-corrected chi connectivity index (χ1v) is 9.42. The molecule has 0 amide bonds. The Labute approximate surface area is 155 Å². The molecule has 6 heteroatoms. The maximum Gasteiger partial charge on any atom is 0.204 e. The number of pyridine rings is 1. The van der Waals surface area contributed by atoms with E-state index in [0.717, 1.165) is 41.6 Å². The van der Waals surface area contributed by atoms with E-state index >= 15 is 0 Å². The molecule has 3 heterocycles. The molecular formula is C19H19BrN4O. The van der Waals surface area contributed by atoms with E-state index in [4.69, 9.17) is 16.1 Å². The summed E-state index contributed by atoms with van der Waals surface area (Å²) < 4.78 is 6.28. The van der Waals surface area contributed by atoms with E-state index in [1.165, 1.54) is 12.8 Å². The van der Waals surface area contributed by atoms with Crippen LogP contribution >= 0.6 is 15.9 Å². The van der Waals surface area contributed by atoms with Crippen LogP contribution in [0.1, 0.15) is 31.4 Å². The van der Waals surface area contributed by atoms with Gasteiger partial charge in [-0.1, -0.05) is 0 Å². The van der Waals surface area contributed by atoms with Crippen molar-refractivity contribution in [2.24, 2.45) is 5.92 Å². The van der Waals surface area contributed by atoms with Crippen molar-refractivity contribution in [2.75, 3.05) is 18.4 Å². The fraction of sp³-hybridized carbons (Fsp3) is 0.474. The van der Waals surface area contributed by atoms with Gasteiger partial charge in [-0.05, 0) is 41.6 Å². The van der Waals surface area contributed by atoms with Crippen LogP contribution in [0.5, 0.6) is 0 Å². The molecular weight excluding hydrogens is 380 g/mol. The van der Waals surface area contributed by atoms with Gasteiger partial charge in [0, 0.05) is 42.5 Å². The zero-order valence-corrected chi connectivity index (χ0v) is 15.4. The van der Waals surface area contributed by atoms with Crippen LogP contribution in [0, 0.1) is 29.6 Å². The first-order chi connectivity index (χ1) is 12.2. The fourth-order valence-electron chi connectivity index (χ4n) is 3.83. The van der Waals surface area contributed by atoms with Crippen molar-refractivity contribution in [3.05, 3.63) is 22.5 Å². The summed E-state index contributed by atoms with van der Waals surface area (Å²) >= 11 is 3.60. The third-order valence-electron chi connectivity index (χ3n) is 5.33. The lowest BCUT2D eigenvalue weighted by molar-refractivity contribution is 0.0585. The summed E-state index contributed by atoms with van der Waals surface area (Å²) in [6.45, 7) is 2.12. The molecule has 0 atom stereocenters. The molecule has 1 saturated heterocycles. The van der Waals surface area contributed by atoms with E-state index in [9.17, 15) is 0 Å². The van der Waals surface area contributed by atoms with Crippen LogP contribution in [-0.4, -0.2) is 35.1 Å². The Morgan fingerprint density at radius 2 is 2.08 bits per heavy atom. The normalized spacial score (nSPS) is 24.4. The number of likely N-dealkylation sites (tertiary alicyclic amines) is 1. The molecule has 128 valence electrons. The summed E-state index contributed by atoms with van der Waals surface area (Å²) in [6.07, 6.45) is 11.8. The van der Waals surface area contributed by atoms with Crippen molar-refractivity contribution < 1.29 is 4.42 Å². The summed E-state index contributed by atoms with van der Waals surface area (Å²) in [5, 5.41) is 13.4. The Hall–Kier alpha value is -2.02. The Morgan fingerprint density at radius 3 is 2.76 bits per heavy atom. The van der Waals surface area contributed by atoms with Gasteiger partial charge in [0.15, 0.2) is 5.58 Å². The van der Waals surface area contributed by atoms with Crippen molar-refractivity contribution in [1.29, 1.82) is 5.26 Å². The third-order valence-corrected chi connectivity index (χ3v) is 6.13. The lowest BCUT2D eigenvalue weighted by atomic mass is 9.87. The number of rotatable bonds is 3. The SMILES string of the molecule is C#CC1CN(C2CCC(Nc3ncc4oc(C#N)cc4c3Br)CC2)C1. The van der Waals surface area contributed by atoms with Crippen molar-refractivity contribution in [1.82, 2.24) is 9.88 Å². The molecule has 2 aromatic rings. The quantitative estimate of drug-likeness (QED) is 0.797. The number of terminal acetylenes is 1. The molecule has 0 bridgehead atoms.